The van der Waals surface area contributed by atoms with Crippen LogP contribution in [-0.4, -0.2) is 45.6 Å². The molecule has 3 heterocycles. The molecule has 5 rings (SSSR count). The van der Waals surface area contributed by atoms with Crippen LogP contribution in [0.1, 0.15) is 62.9 Å². The zero-order chi connectivity index (χ0) is 21.4. The summed E-state index contributed by atoms with van der Waals surface area (Å²) in [7, 11) is 0. The molecular weight excluding hydrogens is 390 g/mol. The van der Waals surface area contributed by atoms with E-state index < -0.39 is 0 Å². The predicted octanol–water partition coefficient (Wildman–Crippen LogP) is 3.95. The molecule has 1 aliphatic carbocycles. The summed E-state index contributed by atoms with van der Waals surface area (Å²) < 4.78 is 7.42. The van der Waals surface area contributed by atoms with Gasteiger partial charge in [0.05, 0.1) is 22.9 Å². The van der Waals surface area contributed by atoms with E-state index in [0.717, 1.165) is 73.6 Å². The summed E-state index contributed by atoms with van der Waals surface area (Å²) in [6.07, 6.45) is 7.90. The molecule has 3 aromatic rings. The second-order valence-corrected chi connectivity index (χ2v) is 9.18. The SMILES string of the molecule is CC(C)c1ocnc1CN1CCN(c2ccc3c(=O)n(C4CCCC4)cnc3c2)CC1. The van der Waals surface area contributed by atoms with Crippen LogP contribution in [0.2, 0.25) is 0 Å². The van der Waals surface area contributed by atoms with E-state index in [9.17, 15) is 4.79 Å². The minimum Gasteiger partial charge on any atom is -0.448 e. The third kappa shape index (κ3) is 3.99. The Morgan fingerprint density at radius 1 is 1.10 bits per heavy atom. The van der Waals surface area contributed by atoms with Crippen molar-refractivity contribution in [2.24, 2.45) is 0 Å². The first-order valence-electron chi connectivity index (χ1n) is 11.5. The van der Waals surface area contributed by atoms with E-state index in [4.69, 9.17) is 4.42 Å². The van der Waals surface area contributed by atoms with Crippen molar-refractivity contribution in [1.29, 1.82) is 0 Å². The van der Waals surface area contributed by atoms with E-state index in [1.165, 1.54) is 12.8 Å². The highest BCUT2D eigenvalue weighted by Crippen LogP contribution is 2.29. The lowest BCUT2D eigenvalue weighted by atomic mass is 10.1. The summed E-state index contributed by atoms with van der Waals surface area (Å²) in [5, 5.41) is 0.726. The molecule has 0 spiro atoms. The number of rotatable bonds is 5. The van der Waals surface area contributed by atoms with E-state index in [0.29, 0.717) is 12.0 Å². The van der Waals surface area contributed by atoms with Gasteiger partial charge in [-0.2, -0.15) is 0 Å². The summed E-state index contributed by atoms with van der Waals surface area (Å²) in [4.78, 5) is 26.8. The predicted molar refractivity (Wildman–Crippen MR) is 122 cm³/mol. The standard InChI is InChI=1S/C24H31N5O2/c1-17(2)23-22(26-16-31-23)14-27-9-11-28(12-10-27)19-7-8-20-21(13-19)25-15-29(24(20)30)18-5-3-4-6-18/h7-8,13,15-18H,3-6,9-12,14H2,1-2H3. The van der Waals surface area contributed by atoms with Crippen molar-refractivity contribution in [1.82, 2.24) is 19.4 Å². The maximum atomic E-state index is 13.0. The number of oxazole rings is 1. The average molecular weight is 422 g/mol. The summed E-state index contributed by atoms with van der Waals surface area (Å²) in [6, 6.07) is 6.43. The van der Waals surface area contributed by atoms with E-state index in [1.807, 2.05) is 10.6 Å². The molecule has 1 saturated carbocycles. The van der Waals surface area contributed by atoms with Crippen molar-refractivity contribution < 1.29 is 4.42 Å². The molecule has 31 heavy (non-hydrogen) atoms. The van der Waals surface area contributed by atoms with Crippen LogP contribution in [0.5, 0.6) is 0 Å². The lowest BCUT2D eigenvalue weighted by Gasteiger charge is -2.36. The smallest absolute Gasteiger partial charge is 0.261 e. The zero-order valence-corrected chi connectivity index (χ0v) is 18.5. The van der Waals surface area contributed by atoms with E-state index >= 15 is 0 Å². The number of aromatic nitrogens is 3. The van der Waals surface area contributed by atoms with Crippen LogP contribution in [0.4, 0.5) is 5.69 Å². The van der Waals surface area contributed by atoms with Crippen LogP contribution in [0.3, 0.4) is 0 Å². The van der Waals surface area contributed by atoms with Gasteiger partial charge in [-0.25, -0.2) is 9.97 Å². The minimum atomic E-state index is 0.0989. The highest BCUT2D eigenvalue weighted by molar-refractivity contribution is 5.81. The number of piperazine rings is 1. The largest absolute Gasteiger partial charge is 0.448 e. The fourth-order valence-electron chi connectivity index (χ4n) is 5.01. The van der Waals surface area contributed by atoms with Crippen molar-refractivity contribution in [2.45, 2.75) is 58.0 Å². The van der Waals surface area contributed by atoms with Crippen LogP contribution in [0, 0.1) is 0 Å². The molecular formula is C24H31N5O2. The van der Waals surface area contributed by atoms with Gasteiger partial charge in [0, 0.05) is 50.4 Å². The second-order valence-electron chi connectivity index (χ2n) is 9.18. The van der Waals surface area contributed by atoms with Crippen molar-refractivity contribution in [3.05, 3.63) is 52.7 Å². The Labute approximate surface area is 182 Å². The van der Waals surface area contributed by atoms with Crippen LogP contribution >= 0.6 is 0 Å². The van der Waals surface area contributed by atoms with E-state index in [2.05, 4.69) is 45.7 Å². The van der Waals surface area contributed by atoms with Gasteiger partial charge in [0.25, 0.3) is 5.56 Å². The quantitative estimate of drug-likeness (QED) is 0.622. The molecule has 0 atom stereocenters. The topological polar surface area (TPSA) is 67.4 Å². The van der Waals surface area contributed by atoms with Gasteiger partial charge in [-0.1, -0.05) is 26.7 Å². The van der Waals surface area contributed by atoms with Crippen molar-refractivity contribution in [2.75, 3.05) is 31.1 Å². The lowest BCUT2D eigenvalue weighted by Crippen LogP contribution is -2.46. The number of fused-ring (bicyclic) bond motifs is 1. The number of hydrogen-bond donors (Lipinski definition) is 0. The monoisotopic (exact) mass is 421 g/mol. The summed E-state index contributed by atoms with van der Waals surface area (Å²) >= 11 is 0. The molecule has 164 valence electrons. The number of nitrogens with zero attached hydrogens (tertiary/aromatic N) is 5. The van der Waals surface area contributed by atoms with Gasteiger partial charge < -0.3 is 9.32 Å². The number of hydrogen-bond acceptors (Lipinski definition) is 6. The molecule has 1 aliphatic heterocycles. The molecule has 0 N–H and O–H groups in total. The molecule has 1 aromatic carbocycles. The van der Waals surface area contributed by atoms with Crippen LogP contribution in [-0.2, 0) is 6.54 Å². The maximum Gasteiger partial charge on any atom is 0.261 e. The fourth-order valence-corrected chi connectivity index (χ4v) is 5.01. The molecule has 0 bridgehead atoms. The van der Waals surface area contributed by atoms with Gasteiger partial charge in [0.15, 0.2) is 6.39 Å². The van der Waals surface area contributed by atoms with E-state index in [-0.39, 0.29) is 5.56 Å². The fraction of sp³-hybridized carbons (Fsp3) is 0.542. The minimum absolute atomic E-state index is 0.0989. The van der Waals surface area contributed by atoms with Gasteiger partial charge in [-0.15, -0.1) is 0 Å². The van der Waals surface area contributed by atoms with Gasteiger partial charge in [0.2, 0.25) is 0 Å². The van der Waals surface area contributed by atoms with Crippen molar-refractivity contribution in [3.8, 4) is 0 Å². The third-order valence-corrected chi connectivity index (χ3v) is 6.79. The second kappa shape index (κ2) is 8.46. The van der Waals surface area contributed by atoms with Crippen LogP contribution in [0.25, 0.3) is 10.9 Å². The first kappa shape index (κ1) is 20.2. The maximum absolute atomic E-state index is 13.0. The van der Waals surface area contributed by atoms with Crippen molar-refractivity contribution in [3.63, 3.8) is 0 Å². The Morgan fingerprint density at radius 2 is 1.87 bits per heavy atom. The van der Waals surface area contributed by atoms with Crippen LogP contribution in [0.15, 0.2) is 40.1 Å². The Bertz CT molecular complexity index is 1100. The molecule has 7 heteroatoms. The molecule has 0 radical (unpaired) electrons. The third-order valence-electron chi connectivity index (χ3n) is 6.79. The molecule has 0 unspecified atom stereocenters. The van der Waals surface area contributed by atoms with Crippen molar-refractivity contribution >= 4 is 16.6 Å². The zero-order valence-electron chi connectivity index (χ0n) is 18.5. The first-order chi connectivity index (χ1) is 15.1. The van der Waals surface area contributed by atoms with E-state index in [1.54, 1.807) is 12.7 Å². The molecule has 1 saturated heterocycles. The molecule has 2 aliphatic rings. The summed E-state index contributed by atoms with van der Waals surface area (Å²) in [6.45, 7) is 8.94. The van der Waals surface area contributed by atoms with Gasteiger partial charge in [0.1, 0.15) is 5.76 Å². The Balaban J connectivity index is 1.28. The normalized spacial score (nSPS) is 18.5. The van der Waals surface area contributed by atoms with Gasteiger partial charge in [-0.05, 0) is 31.0 Å². The Morgan fingerprint density at radius 3 is 2.61 bits per heavy atom. The highest BCUT2D eigenvalue weighted by atomic mass is 16.3. The molecule has 2 fully saturated rings. The Hall–Kier alpha value is -2.67. The summed E-state index contributed by atoms with van der Waals surface area (Å²) in [5.74, 6) is 1.34. The molecule has 7 nitrogen and oxygen atoms in total. The van der Waals surface area contributed by atoms with Gasteiger partial charge in [-0.3, -0.25) is 14.3 Å². The number of benzene rings is 1. The Kier molecular flexibility index (Phi) is 5.52. The van der Waals surface area contributed by atoms with Crippen LogP contribution < -0.4 is 10.5 Å². The molecule has 0 amide bonds. The number of anilines is 1. The van der Waals surface area contributed by atoms with Gasteiger partial charge >= 0.3 is 0 Å². The highest BCUT2D eigenvalue weighted by Gasteiger charge is 2.22. The summed E-state index contributed by atoms with van der Waals surface area (Å²) in [5.41, 5.74) is 3.09. The lowest BCUT2D eigenvalue weighted by molar-refractivity contribution is 0.245. The average Bonchev–Trinajstić information content (AvgIpc) is 3.47. The molecule has 2 aromatic heterocycles. The first-order valence-corrected chi connectivity index (χ1v) is 11.5.